The zero-order chi connectivity index (χ0) is 13.0. The third-order valence-corrected chi connectivity index (χ3v) is 2.75. The number of rotatable bonds is 4. The second-order valence-corrected chi connectivity index (χ2v) is 4.33. The number of halogens is 1. The molecule has 1 aromatic heterocycles. The fourth-order valence-electron chi connectivity index (χ4n) is 1.53. The fraction of sp³-hybridized carbons (Fsp3) is 0.154. The van der Waals surface area contributed by atoms with Crippen LogP contribution < -0.4 is 16.0 Å². The van der Waals surface area contributed by atoms with Crippen LogP contribution in [0.5, 0.6) is 5.75 Å². The molecule has 0 fully saturated rings. The van der Waals surface area contributed by atoms with Crippen molar-refractivity contribution in [1.29, 1.82) is 0 Å². The Morgan fingerprint density at radius 2 is 2.17 bits per heavy atom. The van der Waals surface area contributed by atoms with Crippen molar-refractivity contribution >= 4 is 17.4 Å². The minimum Gasteiger partial charge on any atom is -0.489 e. The SMILES string of the molecule is Cc1ccc(Cl)cc1OCc1ccnc(NN)c1. The predicted octanol–water partition coefficient (Wildman–Crippen LogP) is 2.91. The van der Waals surface area contributed by atoms with Gasteiger partial charge in [0, 0.05) is 11.2 Å². The van der Waals surface area contributed by atoms with Crippen molar-refractivity contribution in [3.8, 4) is 5.75 Å². The van der Waals surface area contributed by atoms with Gasteiger partial charge in [0.15, 0.2) is 0 Å². The van der Waals surface area contributed by atoms with Gasteiger partial charge in [0.1, 0.15) is 18.2 Å². The maximum atomic E-state index is 5.93. The summed E-state index contributed by atoms with van der Waals surface area (Å²) in [5.74, 6) is 6.69. The molecule has 3 N–H and O–H groups in total. The smallest absolute Gasteiger partial charge is 0.140 e. The lowest BCUT2D eigenvalue weighted by Gasteiger charge is -2.10. The molecular formula is C13H14ClN3O. The monoisotopic (exact) mass is 263 g/mol. The third-order valence-electron chi connectivity index (χ3n) is 2.52. The van der Waals surface area contributed by atoms with Gasteiger partial charge < -0.3 is 10.2 Å². The average Bonchev–Trinajstić information content (AvgIpc) is 2.40. The summed E-state index contributed by atoms with van der Waals surface area (Å²) >= 11 is 5.93. The van der Waals surface area contributed by atoms with E-state index in [-0.39, 0.29) is 0 Å². The van der Waals surface area contributed by atoms with E-state index in [1.165, 1.54) is 0 Å². The zero-order valence-corrected chi connectivity index (χ0v) is 10.7. The molecule has 18 heavy (non-hydrogen) atoms. The molecule has 5 heteroatoms. The van der Waals surface area contributed by atoms with Crippen molar-refractivity contribution in [2.45, 2.75) is 13.5 Å². The molecule has 0 saturated heterocycles. The van der Waals surface area contributed by atoms with Crippen LogP contribution in [0.15, 0.2) is 36.5 Å². The third kappa shape index (κ3) is 3.12. The molecular weight excluding hydrogens is 250 g/mol. The summed E-state index contributed by atoms with van der Waals surface area (Å²) in [6.07, 6.45) is 1.68. The van der Waals surface area contributed by atoms with Crippen LogP contribution in [0.25, 0.3) is 0 Å². The molecule has 0 aliphatic rings. The van der Waals surface area contributed by atoms with Crippen molar-refractivity contribution in [1.82, 2.24) is 4.98 Å². The Morgan fingerprint density at radius 1 is 1.33 bits per heavy atom. The van der Waals surface area contributed by atoms with E-state index in [9.17, 15) is 0 Å². The molecule has 2 aromatic rings. The number of anilines is 1. The van der Waals surface area contributed by atoms with E-state index in [0.717, 1.165) is 16.9 Å². The molecule has 1 heterocycles. The van der Waals surface area contributed by atoms with E-state index in [1.807, 2.05) is 31.2 Å². The van der Waals surface area contributed by atoms with Crippen LogP contribution in [0.3, 0.4) is 0 Å². The highest BCUT2D eigenvalue weighted by Crippen LogP contribution is 2.23. The van der Waals surface area contributed by atoms with Gasteiger partial charge in [0.05, 0.1) is 0 Å². The van der Waals surface area contributed by atoms with Gasteiger partial charge in [0.25, 0.3) is 0 Å². The molecule has 0 spiro atoms. The van der Waals surface area contributed by atoms with E-state index < -0.39 is 0 Å². The van der Waals surface area contributed by atoms with Crippen molar-refractivity contribution in [2.24, 2.45) is 5.84 Å². The van der Waals surface area contributed by atoms with Gasteiger partial charge in [-0.1, -0.05) is 17.7 Å². The molecule has 0 atom stereocenters. The largest absolute Gasteiger partial charge is 0.489 e. The molecule has 0 saturated carbocycles. The summed E-state index contributed by atoms with van der Waals surface area (Å²) in [5.41, 5.74) is 4.53. The molecule has 1 aromatic carbocycles. The van der Waals surface area contributed by atoms with Crippen LogP contribution >= 0.6 is 11.6 Å². The Morgan fingerprint density at radius 3 is 2.94 bits per heavy atom. The van der Waals surface area contributed by atoms with E-state index in [1.54, 1.807) is 12.3 Å². The molecule has 0 aliphatic heterocycles. The summed E-state index contributed by atoms with van der Waals surface area (Å²) in [6, 6.07) is 9.28. The van der Waals surface area contributed by atoms with Gasteiger partial charge in [0.2, 0.25) is 0 Å². The summed E-state index contributed by atoms with van der Waals surface area (Å²) in [6.45, 7) is 2.42. The van der Waals surface area contributed by atoms with Crippen molar-refractivity contribution < 1.29 is 4.74 Å². The molecule has 0 aliphatic carbocycles. The van der Waals surface area contributed by atoms with E-state index in [0.29, 0.717) is 17.4 Å². The predicted molar refractivity (Wildman–Crippen MR) is 72.6 cm³/mol. The quantitative estimate of drug-likeness (QED) is 0.658. The van der Waals surface area contributed by atoms with Crippen LogP contribution in [0.2, 0.25) is 5.02 Å². The van der Waals surface area contributed by atoms with Crippen LogP contribution in [0.4, 0.5) is 5.82 Å². The Kier molecular flexibility index (Phi) is 4.02. The number of nitrogens with one attached hydrogen (secondary N) is 1. The Hall–Kier alpha value is -1.78. The van der Waals surface area contributed by atoms with Gasteiger partial charge in [-0.15, -0.1) is 0 Å². The summed E-state index contributed by atoms with van der Waals surface area (Å²) in [7, 11) is 0. The molecule has 0 unspecified atom stereocenters. The van der Waals surface area contributed by atoms with Crippen molar-refractivity contribution in [3.05, 3.63) is 52.7 Å². The zero-order valence-electron chi connectivity index (χ0n) is 9.98. The van der Waals surface area contributed by atoms with Crippen molar-refractivity contribution in [3.63, 3.8) is 0 Å². The number of aryl methyl sites for hydroxylation is 1. The highest BCUT2D eigenvalue weighted by atomic mass is 35.5. The molecule has 0 radical (unpaired) electrons. The molecule has 0 amide bonds. The van der Waals surface area contributed by atoms with Gasteiger partial charge in [-0.3, -0.25) is 0 Å². The highest BCUT2D eigenvalue weighted by Gasteiger charge is 2.02. The highest BCUT2D eigenvalue weighted by molar-refractivity contribution is 6.30. The number of hydrogen-bond donors (Lipinski definition) is 2. The first-order chi connectivity index (χ1) is 8.69. The van der Waals surface area contributed by atoms with Gasteiger partial charge >= 0.3 is 0 Å². The lowest BCUT2D eigenvalue weighted by atomic mass is 10.2. The first-order valence-corrected chi connectivity index (χ1v) is 5.87. The topological polar surface area (TPSA) is 60.2 Å². The first kappa shape index (κ1) is 12.7. The summed E-state index contributed by atoms with van der Waals surface area (Å²) < 4.78 is 5.72. The Labute approximate surface area is 111 Å². The standard InChI is InChI=1S/C13H14ClN3O/c1-9-2-3-11(14)7-12(9)18-8-10-4-5-16-13(6-10)17-15/h2-7H,8,15H2,1H3,(H,16,17). The number of hydrogen-bond acceptors (Lipinski definition) is 4. The van der Waals surface area contributed by atoms with Crippen LogP contribution in [0, 0.1) is 6.92 Å². The summed E-state index contributed by atoms with van der Waals surface area (Å²) in [4.78, 5) is 4.03. The second-order valence-electron chi connectivity index (χ2n) is 3.89. The Balaban J connectivity index is 2.08. The van der Waals surface area contributed by atoms with E-state index >= 15 is 0 Å². The number of ether oxygens (including phenoxy) is 1. The number of nitrogen functional groups attached to an aromatic ring is 1. The van der Waals surface area contributed by atoms with Crippen LogP contribution in [-0.2, 0) is 6.61 Å². The number of nitrogens with zero attached hydrogens (tertiary/aromatic N) is 1. The maximum absolute atomic E-state index is 5.93. The van der Waals surface area contributed by atoms with Gasteiger partial charge in [-0.05, 0) is 42.3 Å². The van der Waals surface area contributed by atoms with Gasteiger partial charge in [-0.25, -0.2) is 10.8 Å². The van der Waals surface area contributed by atoms with Gasteiger partial charge in [-0.2, -0.15) is 0 Å². The number of pyridine rings is 1. The minimum atomic E-state index is 0.443. The lowest BCUT2D eigenvalue weighted by molar-refractivity contribution is 0.304. The number of benzene rings is 1. The molecule has 0 bridgehead atoms. The molecule has 94 valence electrons. The van der Waals surface area contributed by atoms with Crippen molar-refractivity contribution in [2.75, 3.05) is 5.43 Å². The molecule has 2 rings (SSSR count). The number of hydrazine groups is 1. The van der Waals surface area contributed by atoms with E-state index in [2.05, 4.69) is 10.4 Å². The van der Waals surface area contributed by atoms with Crippen LogP contribution in [0.1, 0.15) is 11.1 Å². The normalized spacial score (nSPS) is 10.2. The number of aromatic nitrogens is 1. The second kappa shape index (κ2) is 5.71. The van der Waals surface area contributed by atoms with E-state index in [4.69, 9.17) is 22.2 Å². The molecule has 4 nitrogen and oxygen atoms in total. The number of nitrogens with two attached hydrogens (primary N) is 1. The Bertz CT molecular complexity index is 546. The van der Waals surface area contributed by atoms with Crippen LogP contribution in [-0.4, -0.2) is 4.98 Å². The average molecular weight is 264 g/mol. The minimum absolute atomic E-state index is 0.443. The lowest BCUT2D eigenvalue weighted by Crippen LogP contribution is -2.09. The maximum Gasteiger partial charge on any atom is 0.140 e. The summed E-state index contributed by atoms with van der Waals surface area (Å²) in [5, 5.41) is 0.662. The fourth-order valence-corrected chi connectivity index (χ4v) is 1.70. The first-order valence-electron chi connectivity index (χ1n) is 5.49.